The van der Waals surface area contributed by atoms with Crippen molar-refractivity contribution in [3.8, 4) is 5.75 Å². The molecule has 0 unspecified atom stereocenters. The maximum Gasteiger partial charge on any atom is 0.335 e. The van der Waals surface area contributed by atoms with Crippen molar-refractivity contribution in [1.82, 2.24) is 4.98 Å². The Morgan fingerprint density at radius 2 is 2.00 bits per heavy atom. The van der Waals surface area contributed by atoms with Gasteiger partial charge in [-0.15, -0.1) is 0 Å². The van der Waals surface area contributed by atoms with Gasteiger partial charge in [0.05, 0.1) is 28.0 Å². The number of carbonyl (C=O) groups is 2. The molecule has 102 valence electrons. The topological polar surface area (TPSA) is 99.5 Å². The van der Waals surface area contributed by atoms with E-state index in [1.54, 1.807) is 0 Å². The summed E-state index contributed by atoms with van der Waals surface area (Å²) in [6.07, 6.45) is 2.48. The third kappa shape index (κ3) is 2.86. The van der Waals surface area contributed by atoms with Crippen LogP contribution in [0.2, 0.25) is 5.02 Å². The number of rotatable bonds is 3. The molecule has 7 heteroatoms. The number of aromatic hydroxyl groups is 1. The standard InChI is InChI=1S/C13H9ClN2O4/c14-9-2-1-7(13(19)20)5-10(9)16-12(18)8-3-4-15-6-11(8)17/h1-6,17H,(H,16,18)(H,19,20). The quantitative estimate of drug-likeness (QED) is 0.806. The molecule has 1 amide bonds. The Kier molecular flexibility index (Phi) is 3.86. The summed E-state index contributed by atoms with van der Waals surface area (Å²) in [4.78, 5) is 26.5. The molecule has 20 heavy (non-hydrogen) atoms. The van der Waals surface area contributed by atoms with E-state index in [9.17, 15) is 14.7 Å². The molecule has 1 aromatic carbocycles. The fourth-order valence-corrected chi connectivity index (χ4v) is 1.69. The van der Waals surface area contributed by atoms with Crippen LogP contribution in [0.4, 0.5) is 5.69 Å². The highest BCUT2D eigenvalue weighted by Crippen LogP contribution is 2.25. The molecule has 2 aromatic rings. The highest BCUT2D eigenvalue weighted by Gasteiger charge is 2.14. The Morgan fingerprint density at radius 3 is 2.65 bits per heavy atom. The lowest BCUT2D eigenvalue weighted by Crippen LogP contribution is -2.13. The molecule has 1 aromatic heterocycles. The van der Waals surface area contributed by atoms with Crippen LogP contribution in [0, 0.1) is 0 Å². The minimum Gasteiger partial charge on any atom is -0.505 e. The molecule has 0 saturated carbocycles. The van der Waals surface area contributed by atoms with Gasteiger partial charge in [-0.25, -0.2) is 4.79 Å². The zero-order valence-electron chi connectivity index (χ0n) is 10.0. The van der Waals surface area contributed by atoms with Crippen LogP contribution in [0.1, 0.15) is 20.7 Å². The number of benzene rings is 1. The number of hydrogen-bond donors (Lipinski definition) is 3. The van der Waals surface area contributed by atoms with Gasteiger partial charge in [-0.05, 0) is 24.3 Å². The third-order valence-corrected chi connectivity index (χ3v) is 2.84. The number of nitrogens with one attached hydrogen (secondary N) is 1. The monoisotopic (exact) mass is 292 g/mol. The molecular weight excluding hydrogens is 284 g/mol. The van der Waals surface area contributed by atoms with Crippen molar-refractivity contribution in [1.29, 1.82) is 0 Å². The van der Waals surface area contributed by atoms with E-state index in [2.05, 4.69) is 10.3 Å². The number of carboxylic acids is 1. The lowest BCUT2D eigenvalue weighted by Gasteiger charge is -2.09. The van der Waals surface area contributed by atoms with E-state index in [4.69, 9.17) is 16.7 Å². The average Bonchev–Trinajstić information content (AvgIpc) is 2.41. The second-order valence-corrected chi connectivity index (χ2v) is 4.25. The van der Waals surface area contributed by atoms with Gasteiger partial charge in [-0.3, -0.25) is 9.78 Å². The van der Waals surface area contributed by atoms with Crippen molar-refractivity contribution in [2.24, 2.45) is 0 Å². The predicted molar refractivity (Wildman–Crippen MR) is 72.3 cm³/mol. The molecule has 0 radical (unpaired) electrons. The predicted octanol–water partition coefficient (Wildman–Crippen LogP) is 2.39. The Hall–Kier alpha value is -2.60. The van der Waals surface area contributed by atoms with Crippen molar-refractivity contribution >= 4 is 29.2 Å². The summed E-state index contributed by atoms with van der Waals surface area (Å²) in [5, 5.41) is 21.0. The van der Waals surface area contributed by atoms with Gasteiger partial charge < -0.3 is 15.5 Å². The van der Waals surface area contributed by atoms with Gasteiger partial charge in [0, 0.05) is 6.20 Å². The van der Waals surface area contributed by atoms with E-state index in [0.717, 1.165) is 6.20 Å². The highest BCUT2D eigenvalue weighted by atomic mass is 35.5. The molecule has 0 atom stereocenters. The second kappa shape index (κ2) is 5.58. The van der Waals surface area contributed by atoms with Gasteiger partial charge in [0.25, 0.3) is 5.91 Å². The van der Waals surface area contributed by atoms with Gasteiger partial charge in [0.15, 0.2) is 0 Å². The number of pyridine rings is 1. The van der Waals surface area contributed by atoms with E-state index in [0.29, 0.717) is 0 Å². The van der Waals surface area contributed by atoms with Crippen LogP contribution in [0.15, 0.2) is 36.7 Å². The van der Waals surface area contributed by atoms with Gasteiger partial charge in [-0.1, -0.05) is 11.6 Å². The van der Waals surface area contributed by atoms with Crippen molar-refractivity contribution < 1.29 is 19.8 Å². The van der Waals surface area contributed by atoms with Crippen LogP contribution in [0.3, 0.4) is 0 Å². The molecule has 0 aliphatic rings. The summed E-state index contributed by atoms with van der Waals surface area (Å²) in [5.74, 6) is -2.03. The number of nitrogens with zero attached hydrogens (tertiary/aromatic N) is 1. The van der Waals surface area contributed by atoms with Gasteiger partial charge in [0.1, 0.15) is 5.75 Å². The number of aromatic nitrogens is 1. The molecule has 0 spiro atoms. The molecule has 0 aliphatic carbocycles. The van der Waals surface area contributed by atoms with Crippen LogP contribution < -0.4 is 5.32 Å². The number of carboxylic acid groups (broad SMARTS) is 1. The summed E-state index contributed by atoms with van der Waals surface area (Å²) in [7, 11) is 0. The number of anilines is 1. The van der Waals surface area contributed by atoms with Crippen molar-refractivity contribution in [3.63, 3.8) is 0 Å². The number of halogens is 1. The molecule has 3 N–H and O–H groups in total. The summed E-state index contributed by atoms with van der Waals surface area (Å²) in [6.45, 7) is 0. The maximum atomic E-state index is 12.0. The number of carbonyl (C=O) groups excluding carboxylic acids is 1. The zero-order chi connectivity index (χ0) is 14.7. The van der Waals surface area contributed by atoms with Gasteiger partial charge in [0.2, 0.25) is 0 Å². The van der Waals surface area contributed by atoms with Crippen LogP contribution >= 0.6 is 11.6 Å². The SMILES string of the molecule is O=C(O)c1ccc(Cl)c(NC(=O)c2ccncc2O)c1. The fourth-order valence-electron chi connectivity index (χ4n) is 1.52. The van der Waals surface area contributed by atoms with E-state index in [-0.39, 0.29) is 27.6 Å². The van der Waals surface area contributed by atoms with Crippen molar-refractivity contribution in [3.05, 3.63) is 52.8 Å². The van der Waals surface area contributed by atoms with E-state index in [1.807, 2.05) is 0 Å². The minimum atomic E-state index is -1.14. The molecule has 0 bridgehead atoms. The van der Waals surface area contributed by atoms with Crippen molar-refractivity contribution in [2.75, 3.05) is 5.32 Å². The number of aromatic carboxylic acids is 1. The summed E-state index contributed by atoms with van der Waals surface area (Å²) < 4.78 is 0. The number of hydrogen-bond acceptors (Lipinski definition) is 4. The lowest BCUT2D eigenvalue weighted by molar-refractivity contribution is 0.0696. The molecule has 2 rings (SSSR count). The summed E-state index contributed by atoms with van der Waals surface area (Å²) in [6, 6.07) is 5.26. The maximum absolute atomic E-state index is 12.0. The lowest BCUT2D eigenvalue weighted by atomic mass is 10.2. The Bertz CT molecular complexity index is 688. The van der Waals surface area contributed by atoms with Gasteiger partial charge in [-0.2, -0.15) is 0 Å². The zero-order valence-corrected chi connectivity index (χ0v) is 10.8. The second-order valence-electron chi connectivity index (χ2n) is 3.85. The minimum absolute atomic E-state index is 0.0105. The third-order valence-electron chi connectivity index (χ3n) is 2.51. The molecule has 0 aliphatic heterocycles. The van der Waals surface area contributed by atoms with E-state index >= 15 is 0 Å². The first-order valence-corrected chi connectivity index (χ1v) is 5.84. The van der Waals surface area contributed by atoms with E-state index < -0.39 is 11.9 Å². The number of amides is 1. The van der Waals surface area contributed by atoms with Crippen molar-refractivity contribution in [2.45, 2.75) is 0 Å². The normalized spacial score (nSPS) is 10.1. The first kappa shape index (κ1) is 13.8. The largest absolute Gasteiger partial charge is 0.505 e. The van der Waals surface area contributed by atoms with Crippen LogP contribution in [-0.4, -0.2) is 27.1 Å². The fraction of sp³-hybridized carbons (Fsp3) is 0. The summed E-state index contributed by atoms with van der Waals surface area (Å²) in [5.41, 5.74) is 0.147. The smallest absolute Gasteiger partial charge is 0.335 e. The molecule has 0 saturated heterocycles. The van der Waals surface area contributed by atoms with Crippen LogP contribution in [-0.2, 0) is 0 Å². The highest BCUT2D eigenvalue weighted by molar-refractivity contribution is 6.34. The Morgan fingerprint density at radius 1 is 1.25 bits per heavy atom. The Balaban J connectivity index is 2.30. The average molecular weight is 293 g/mol. The first-order valence-electron chi connectivity index (χ1n) is 5.46. The Labute approximate surface area is 118 Å². The summed E-state index contributed by atoms with van der Waals surface area (Å²) >= 11 is 5.89. The first-order chi connectivity index (χ1) is 9.49. The molecule has 1 heterocycles. The molecule has 0 fully saturated rings. The van der Waals surface area contributed by atoms with Crippen LogP contribution in [0.5, 0.6) is 5.75 Å². The van der Waals surface area contributed by atoms with Gasteiger partial charge >= 0.3 is 5.97 Å². The van der Waals surface area contributed by atoms with E-state index in [1.165, 1.54) is 30.5 Å². The molecule has 6 nitrogen and oxygen atoms in total. The molecular formula is C13H9ClN2O4. The van der Waals surface area contributed by atoms with Crippen LogP contribution in [0.25, 0.3) is 0 Å².